The Bertz CT molecular complexity index is 476. The van der Waals surface area contributed by atoms with E-state index in [4.69, 9.17) is 11.6 Å². The molecule has 21 heavy (non-hydrogen) atoms. The molecule has 0 spiro atoms. The van der Waals surface area contributed by atoms with Gasteiger partial charge in [0, 0.05) is 12.0 Å². The van der Waals surface area contributed by atoms with Crippen molar-refractivity contribution in [2.45, 2.75) is 57.6 Å². The first kappa shape index (κ1) is 16.7. The van der Waals surface area contributed by atoms with Crippen LogP contribution in [0.4, 0.5) is 4.39 Å². The topological polar surface area (TPSA) is 23.5 Å². The summed E-state index contributed by atoms with van der Waals surface area (Å²) in [5.41, 5.74) is 0.539. The first-order valence-electron chi connectivity index (χ1n) is 7.84. The van der Waals surface area contributed by atoms with Gasteiger partial charge in [-0.3, -0.25) is 4.90 Å². The molecule has 0 bridgehead atoms. The minimum atomic E-state index is -0.513. The molecule has 1 N–H and O–H groups in total. The number of aliphatic hydroxyl groups excluding tert-OH is 1. The molecular weight excluding hydrogens is 289 g/mol. The van der Waals surface area contributed by atoms with Crippen LogP contribution in [0.5, 0.6) is 0 Å². The highest BCUT2D eigenvalue weighted by Gasteiger charge is 2.37. The van der Waals surface area contributed by atoms with E-state index in [1.807, 2.05) is 0 Å². The SMILES string of the molecule is CCC(C)(C(O)Cc1ccc(Cl)c(F)c1)N1CCCCC1. The summed E-state index contributed by atoms with van der Waals surface area (Å²) in [6.45, 7) is 6.31. The Kier molecular flexibility index (Phi) is 5.64. The Labute approximate surface area is 131 Å². The quantitative estimate of drug-likeness (QED) is 0.887. The fraction of sp³-hybridized carbons (Fsp3) is 0.647. The number of hydrogen-bond donors (Lipinski definition) is 1. The van der Waals surface area contributed by atoms with Crippen LogP contribution in [0.15, 0.2) is 18.2 Å². The van der Waals surface area contributed by atoms with Crippen LogP contribution in [0.2, 0.25) is 5.02 Å². The number of piperidine rings is 1. The van der Waals surface area contributed by atoms with Crippen LogP contribution in [0.3, 0.4) is 0 Å². The number of nitrogens with zero attached hydrogens (tertiary/aromatic N) is 1. The fourth-order valence-corrected chi connectivity index (χ4v) is 3.30. The molecule has 0 aromatic heterocycles. The molecule has 4 heteroatoms. The normalized spacial score (nSPS) is 21.0. The van der Waals surface area contributed by atoms with Crippen molar-refractivity contribution in [1.29, 1.82) is 0 Å². The van der Waals surface area contributed by atoms with Crippen LogP contribution in [-0.4, -0.2) is 34.7 Å². The van der Waals surface area contributed by atoms with Gasteiger partial charge in [0.2, 0.25) is 0 Å². The van der Waals surface area contributed by atoms with Crippen molar-refractivity contribution in [3.05, 3.63) is 34.6 Å². The third-order valence-corrected chi connectivity index (χ3v) is 5.23. The van der Waals surface area contributed by atoms with Gasteiger partial charge >= 0.3 is 0 Å². The van der Waals surface area contributed by atoms with Crippen molar-refractivity contribution in [2.24, 2.45) is 0 Å². The van der Waals surface area contributed by atoms with Gasteiger partial charge in [-0.2, -0.15) is 0 Å². The molecule has 1 aromatic rings. The zero-order valence-electron chi connectivity index (χ0n) is 12.9. The number of hydrogen-bond acceptors (Lipinski definition) is 2. The van der Waals surface area contributed by atoms with E-state index in [1.54, 1.807) is 12.1 Å². The standard InChI is InChI=1S/C17H25ClFNO/c1-3-17(2,20-9-5-4-6-10-20)16(21)12-13-7-8-14(18)15(19)11-13/h7-8,11,16,21H,3-6,9-10,12H2,1-2H3. The van der Waals surface area contributed by atoms with Gasteiger partial charge in [0.1, 0.15) is 5.82 Å². The number of rotatable bonds is 5. The van der Waals surface area contributed by atoms with Gasteiger partial charge < -0.3 is 5.11 Å². The average molecular weight is 314 g/mol. The maximum absolute atomic E-state index is 13.5. The number of halogens is 2. The Balaban J connectivity index is 2.11. The Morgan fingerprint density at radius 1 is 1.33 bits per heavy atom. The molecule has 1 heterocycles. The zero-order chi connectivity index (χ0) is 15.5. The van der Waals surface area contributed by atoms with Crippen LogP contribution in [-0.2, 0) is 6.42 Å². The second-order valence-electron chi connectivity index (χ2n) is 6.23. The minimum Gasteiger partial charge on any atom is -0.391 e. The molecule has 2 atom stereocenters. The van der Waals surface area contributed by atoms with Gasteiger partial charge in [0.05, 0.1) is 11.1 Å². The largest absolute Gasteiger partial charge is 0.391 e. The number of likely N-dealkylation sites (tertiary alicyclic amines) is 1. The summed E-state index contributed by atoms with van der Waals surface area (Å²) in [5, 5.41) is 10.9. The maximum atomic E-state index is 13.5. The van der Waals surface area contributed by atoms with E-state index in [2.05, 4.69) is 18.7 Å². The lowest BCUT2D eigenvalue weighted by atomic mass is 9.84. The second kappa shape index (κ2) is 7.08. The highest BCUT2D eigenvalue weighted by atomic mass is 35.5. The van der Waals surface area contributed by atoms with E-state index in [0.29, 0.717) is 6.42 Å². The van der Waals surface area contributed by atoms with E-state index in [9.17, 15) is 9.50 Å². The third kappa shape index (κ3) is 3.77. The van der Waals surface area contributed by atoms with Crippen molar-refractivity contribution >= 4 is 11.6 Å². The Morgan fingerprint density at radius 2 is 2.00 bits per heavy atom. The van der Waals surface area contributed by atoms with Crippen LogP contribution in [0.1, 0.15) is 45.1 Å². The summed E-state index contributed by atoms with van der Waals surface area (Å²) in [4.78, 5) is 2.40. The van der Waals surface area contributed by atoms with Crippen molar-refractivity contribution in [2.75, 3.05) is 13.1 Å². The molecule has 0 radical (unpaired) electrons. The predicted octanol–water partition coefficient (Wildman–Crippen LogP) is 4.04. The number of aliphatic hydroxyl groups is 1. The molecule has 1 saturated heterocycles. The molecule has 0 amide bonds. The van der Waals surface area contributed by atoms with Crippen LogP contribution in [0, 0.1) is 5.82 Å². The van der Waals surface area contributed by atoms with Gasteiger partial charge in [-0.15, -0.1) is 0 Å². The lowest BCUT2D eigenvalue weighted by Gasteiger charge is -2.46. The molecule has 2 nitrogen and oxygen atoms in total. The first-order chi connectivity index (χ1) is 9.97. The summed E-state index contributed by atoms with van der Waals surface area (Å²) in [6, 6.07) is 4.78. The molecule has 1 aliphatic rings. The molecule has 2 rings (SSSR count). The van der Waals surface area contributed by atoms with Crippen molar-refractivity contribution in [3.8, 4) is 0 Å². The molecule has 0 saturated carbocycles. The summed E-state index contributed by atoms with van der Waals surface area (Å²) in [6.07, 6.45) is 4.48. The van der Waals surface area contributed by atoms with Crippen molar-refractivity contribution in [1.82, 2.24) is 4.90 Å². The lowest BCUT2D eigenvalue weighted by Crippen LogP contribution is -2.56. The molecule has 1 aliphatic heterocycles. The van der Waals surface area contributed by atoms with Gasteiger partial charge in [-0.25, -0.2) is 4.39 Å². The van der Waals surface area contributed by atoms with E-state index < -0.39 is 11.9 Å². The molecule has 2 unspecified atom stereocenters. The highest BCUT2D eigenvalue weighted by Crippen LogP contribution is 2.29. The van der Waals surface area contributed by atoms with Crippen LogP contribution in [0.25, 0.3) is 0 Å². The Morgan fingerprint density at radius 3 is 2.57 bits per heavy atom. The smallest absolute Gasteiger partial charge is 0.142 e. The third-order valence-electron chi connectivity index (χ3n) is 4.93. The average Bonchev–Trinajstić information content (AvgIpc) is 2.51. The molecule has 1 fully saturated rings. The summed E-state index contributed by atoms with van der Waals surface area (Å²) >= 11 is 5.71. The molecular formula is C17H25ClFNO. The Hall–Kier alpha value is -0.640. The van der Waals surface area contributed by atoms with Crippen LogP contribution < -0.4 is 0 Å². The van der Waals surface area contributed by atoms with E-state index in [0.717, 1.165) is 25.1 Å². The second-order valence-corrected chi connectivity index (χ2v) is 6.63. The van der Waals surface area contributed by atoms with Gasteiger partial charge in [-0.05, 0) is 57.0 Å². The number of benzene rings is 1. The first-order valence-corrected chi connectivity index (χ1v) is 8.22. The fourth-order valence-electron chi connectivity index (χ4n) is 3.18. The van der Waals surface area contributed by atoms with Gasteiger partial charge in [-0.1, -0.05) is 31.0 Å². The highest BCUT2D eigenvalue weighted by molar-refractivity contribution is 6.30. The van der Waals surface area contributed by atoms with Crippen molar-refractivity contribution in [3.63, 3.8) is 0 Å². The lowest BCUT2D eigenvalue weighted by molar-refractivity contribution is -0.0328. The molecule has 0 aliphatic carbocycles. The summed E-state index contributed by atoms with van der Waals surface area (Å²) in [7, 11) is 0. The van der Waals surface area contributed by atoms with E-state index in [1.165, 1.54) is 25.3 Å². The minimum absolute atomic E-state index is 0.127. The molecule has 118 valence electrons. The van der Waals surface area contributed by atoms with E-state index in [-0.39, 0.29) is 10.6 Å². The predicted molar refractivity (Wildman–Crippen MR) is 85.2 cm³/mol. The monoisotopic (exact) mass is 313 g/mol. The zero-order valence-corrected chi connectivity index (χ0v) is 13.7. The van der Waals surface area contributed by atoms with Gasteiger partial charge in [0.25, 0.3) is 0 Å². The summed E-state index contributed by atoms with van der Waals surface area (Å²) < 4.78 is 13.5. The van der Waals surface area contributed by atoms with Gasteiger partial charge in [0.15, 0.2) is 0 Å². The van der Waals surface area contributed by atoms with Crippen LogP contribution >= 0.6 is 11.6 Å². The summed E-state index contributed by atoms with van der Waals surface area (Å²) in [5.74, 6) is -0.419. The van der Waals surface area contributed by atoms with Crippen molar-refractivity contribution < 1.29 is 9.50 Å². The molecule has 1 aromatic carbocycles. The maximum Gasteiger partial charge on any atom is 0.142 e. The van der Waals surface area contributed by atoms with E-state index >= 15 is 0 Å².